The summed E-state index contributed by atoms with van der Waals surface area (Å²) in [6, 6.07) is 3.51. The normalized spacial score (nSPS) is 15.2. The van der Waals surface area contributed by atoms with Crippen molar-refractivity contribution in [2.75, 3.05) is 31.1 Å². The van der Waals surface area contributed by atoms with E-state index in [1.54, 1.807) is 4.90 Å². The fraction of sp³-hybridized carbons (Fsp3) is 0.400. The standard InChI is InChI=1S/C15H15F3N6O2/c1-22-13(25)3-2-10(21-22)14(26)24-6-4-23(5-7-24)12-8-11(15(16,17)18)19-9-20-12/h2-3,8-9H,4-7H2,1H3. The number of anilines is 1. The van der Waals surface area contributed by atoms with Crippen LogP contribution < -0.4 is 10.5 Å². The SMILES string of the molecule is Cn1nc(C(=O)N2CCN(c3cc(C(F)(F)F)ncn3)CC2)ccc1=O. The van der Waals surface area contributed by atoms with Crippen molar-refractivity contribution in [3.63, 3.8) is 0 Å². The highest BCUT2D eigenvalue weighted by Gasteiger charge is 2.33. The fourth-order valence-corrected chi connectivity index (χ4v) is 2.59. The molecule has 0 radical (unpaired) electrons. The van der Waals surface area contributed by atoms with E-state index in [-0.39, 0.29) is 23.0 Å². The highest BCUT2D eigenvalue weighted by molar-refractivity contribution is 5.92. The molecule has 0 aliphatic carbocycles. The molecule has 1 aliphatic heterocycles. The van der Waals surface area contributed by atoms with E-state index in [1.807, 2.05) is 0 Å². The van der Waals surface area contributed by atoms with E-state index in [9.17, 15) is 22.8 Å². The molecule has 1 saturated heterocycles. The molecule has 1 amide bonds. The van der Waals surface area contributed by atoms with Crippen molar-refractivity contribution < 1.29 is 18.0 Å². The zero-order valence-corrected chi connectivity index (χ0v) is 13.8. The highest BCUT2D eigenvalue weighted by Crippen LogP contribution is 2.29. The van der Waals surface area contributed by atoms with Crippen LogP contribution >= 0.6 is 0 Å². The number of carbonyl (C=O) groups is 1. The highest BCUT2D eigenvalue weighted by atomic mass is 19.4. The van der Waals surface area contributed by atoms with Crippen LogP contribution in [0.4, 0.5) is 19.0 Å². The van der Waals surface area contributed by atoms with Crippen LogP contribution in [0.5, 0.6) is 0 Å². The number of alkyl halides is 3. The molecule has 0 bridgehead atoms. The number of amides is 1. The number of carbonyl (C=O) groups excluding carboxylic acids is 1. The minimum absolute atomic E-state index is 0.141. The van der Waals surface area contributed by atoms with Crippen molar-refractivity contribution in [1.29, 1.82) is 0 Å². The Bertz CT molecular complexity index is 874. The van der Waals surface area contributed by atoms with Gasteiger partial charge in [0.15, 0.2) is 0 Å². The Balaban J connectivity index is 1.68. The molecule has 1 aliphatic rings. The van der Waals surface area contributed by atoms with E-state index in [2.05, 4.69) is 15.1 Å². The maximum atomic E-state index is 12.8. The second kappa shape index (κ2) is 6.73. The molecular formula is C15H15F3N6O2. The zero-order chi connectivity index (χ0) is 18.9. The van der Waals surface area contributed by atoms with Crippen LogP contribution in [-0.2, 0) is 13.2 Å². The summed E-state index contributed by atoms with van der Waals surface area (Å²) in [4.78, 5) is 34.1. The lowest BCUT2D eigenvalue weighted by Gasteiger charge is -2.35. The summed E-state index contributed by atoms with van der Waals surface area (Å²) in [5.74, 6) is -0.168. The van der Waals surface area contributed by atoms with Gasteiger partial charge in [0.25, 0.3) is 11.5 Å². The number of hydrogen-bond donors (Lipinski definition) is 0. The molecular weight excluding hydrogens is 353 g/mol. The largest absolute Gasteiger partial charge is 0.433 e. The molecule has 0 N–H and O–H groups in total. The van der Waals surface area contributed by atoms with Gasteiger partial charge in [-0.1, -0.05) is 0 Å². The zero-order valence-electron chi connectivity index (χ0n) is 13.8. The van der Waals surface area contributed by atoms with E-state index in [0.29, 0.717) is 26.2 Å². The Kier molecular flexibility index (Phi) is 4.62. The second-order valence-electron chi connectivity index (χ2n) is 5.72. The lowest BCUT2D eigenvalue weighted by Crippen LogP contribution is -2.49. The van der Waals surface area contributed by atoms with Crippen molar-refractivity contribution in [2.45, 2.75) is 6.18 Å². The molecule has 138 valence electrons. The van der Waals surface area contributed by atoms with Crippen LogP contribution in [0.2, 0.25) is 0 Å². The molecule has 2 aromatic heterocycles. The lowest BCUT2D eigenvalue weighted by molar-refractivity contribution is -0.141. The van der Waals surface area contributed by atoms with E-state index < -0.39 is 11.9 Å². The van der Waals surface area contributed by atoms with Gasteiger partial charge in [-0.2, -0.15) is 18.3 Å². The average Bonchev–Trinajstić information content (AvgIpc) is 2.63. The van der Waals surface area contributed by atoms with Crippen molar-refractivity contribution in [3.05, 3.63) is 46.3 Å². The molecule has 0 aromatic carbocycles. The summed E-state index contributed by atoms with van der Waals surface area (Å²) >= 11 is 0. The van der Waals surface area contributed by atoms with Gasteiger partial charge in [0.05, 0.1) is 0 Å². The minimum Gasteiger partial charge on any atom is -0.353 e. The van der Waals surface area contributed by atoms with Crippen molar-refractivity contribution >= 4 is 11.7 Å². The number of piperazine rings is 1. The number of halogens is 3. The third-order valence-electron chi connectivity index (χ3n) is 4.01. The van der Waals surface area contributed by atoms with Crippen LogP contribution in [0.3, 0.4) is 0 Å². The van der Waals surface area contributed by atoms with Gasteiger partial charge in [0.1, 0.15) is 23.5 Å². The van der Waals surface area contributed by atoms with Crippen LogP contribution in [-0.4, -0.2) is 56.7 Å². The van der Waals surface area contributed by atoms with Crippen molar-refractivity contribution in [3.8, 4) is 0 Å². The van der Waals surface area contributed by atoms with Gasteiger partial charge < -0.3 is 9.80 Å². The average molecular weight is 368 g/mol. The summed E-state index contributed by atoms with van der Waals surface area (Å²) in [6.07, 6.45) is -3.66. The number of aryl methyl sites for hydroxylation is 1. The Labute approximate surface area is 145 Å². The van der Waals surface area contributed by atoms with Gasteiger partial charge in [-0.05, 0) is 6.07 Å². The molecule has 26 heavy (non-hydrogen) atoms. The van der Waals surface area contributed by atoms with Crippen LogP contribution in [0, 0.1) is 0 Å². The third-order valence-corrected chi connectivity index (χ3v) is 4.01. The number of nitrogens with zero attached hydrogens (tertiary/aromatic N) is 6. The Hall–Kier alpha value is -2.98. The van der Waals surface area contributed by atoms with E-state index in [4.69, 9.17) is 0 Å². The van der Waals surface area contributed by atoms with Gasteiger partial charge in [-0.25, -0.2) is 14.6 Å². The van der Waals surface area contributed by atoms with Crippen LogP contribution in [0.15, 0.2) is 29.3 Å². The van der Waals surface area contributed by atoms with Gasteiger partial charge >= 0.3 is 6.18 Å². The monoisotopic (exact) mass is 368 g/mol. The third kappa shape index (κ3) is 3.65. The van der Waals surface area contributed by atoms with E-state index in [0.717, 1.165) is 17.1 Å². The van der Waals surface area contributed by atoms with E-state index >= 15 is 0 Å². The summed E-state index contributed by atoms with van der Waals surface area (Å²) in [5, 5.41) is 3.92. The summed E-state index contributed by atoms with van der Waals surface area (Å²) in [7, 11) is 1.45. The molecule has 0 spiro atoms. The summed E-state index contributed by atoms with van der Waals surface area (Å²) < 4.78 is 39.3. The predicted octanol–water partition coefficient (Wildman–Crippen LogP) is 0.552. The predicted molar refractivity (Wildman–Crippen MR) is 84.6 cm³/mol. The first-order valence-electron chi connectivity index (χ1n) is 7.73. The van der Waals surface area contributed by atoms with Gasteiger partial charge in [-0.3, -0.25) is 9.59 Å². The molecule has 0 atom stereocenters. The molecule has 8 nitrogen and oxygen atoms in total. The molecule has 2 aromatic rings. The molecule has 1 fully saturated rings. The second-order valence-corrected chi connectivity index (χ2v) is 5.72. The topological polar surface area (TPSA) is 84.2 Å². The first-order valence-corrected chi connectivity index (χ1v) is 7.73. The molecule has 0 unspecified atom stereocenters. The molecule has 11 heteroatoms. The maximum absolute atomic E-state index is 12.8. The first kappa shape index (κ1) is 17.8. The summed E-state index contributed by atoms with van der Waals surface area (Å²) in [6.45, 7) is 1.25. The fourth-order valence-electron chi connectivity index (χ4n) is 2.59. The Morgan fingerprint density at radius 3 is 2.42 bits per heavy atom. The quantitative estimate of drug-likeness (QED) is 0.770. The maximum Gasteiger partial charge on any atom is 0.433 e. The smallest absolute Gasteiger partial charge is 0.353 e. The molecule has 0 saturated carbocycles. The van der Waals surface area contributed by atoms with Crippen LogP contribution in [0.1, 0.15) is 16.2 Å². The number of rotatable bonds is 2. The van der Waals surface area contributed by atoms with Gasteiger partial charge in [0.2, 0.25) is 0 Å². The van der Waals surface area contributed by atoms with E-state index in [1.165, 1.54) is 24.1 Å². The number of aromatic nitrogens is 4. The van der Waals surface area contributed by atoms with Crippen molar-refractivity contribution in [1.82, 2.24) is 24.6 Å². The van der Waals surface area contributed by atoms with Gasteiger partial charge in [0, 0.05) is 45.4 Å². The first-order chi connectivity index (χ1) is 12.3. The number of hydrogen-bond acceptors (Lipinski definition) is 6. The Morgan fingerprint density at radius 1 is 1.12 bits per heavy atom. The minimum atomic E-state index is -4.54. The Morgan fingerprint density at radius 2 is 1.81 bits per heavy atom. The summed E-state index contributed by atoms with van der Waals surface area (Å²) in [5.41, 5.74) is -1.19. The van der Waals surface area contributed by atoms with Crippen LogP contribution in [0.25, 0.3) is 0 Å². The molecule has 3 heterocycles. The molecule has 3 rings (SSSR count). The van der Waals surface area contributed by atoms with Gasteiger partial charge in [-0.15, -0.1) is 0 Å². The lowest BCUT2D eigenvalue weighted by atomic mass is 10.2. The van der Waals surface area contributed by atoms with Crippen molar-refractivity contribution in [2.24, 2.45) is 7.05 Å².